The summed E-state index contributed by atoms with van der Waals surface area (Å²) in [6.45, 7) is 5.46. The lowest BCUT2D eigenvalue weighted by Gasteiger charge is -2.35. The minimum absolute atomic E-state index is 0.00416. The maximum Gasteiger partial charge on any atom is 0.0254 e. The molecule has 1 aliphatic rings. The van der Waals surface area contributed by atoms with E-state index in [1.807, 2.05) is 0 Å². The van der Waals surface area contributed by atoms with Crippen LogP contribution in [0, 0.1) is 0 Å². The van der Waals surface area contributed by atoms with Crippen molar-refractivity contribution in [1.29, 1.82) is 0 Å². The van der Waals surface area contributed by atoms with E-state index in [-0.39, 0.29) is 5.54 Å². The van der Waals surface area contributed by atoms with Gasteiger partial charge in [-0.3, -0.25) is 0 Å². The SMILES string of the molecule is CCCC(C)(N)CN(C)C1CCCCCC1. The highest BCUT2D eigenvalue weighted by atomic mass is 15.1. The highest BCUT2D eigenvalue weighted by Gasteiger charge is 2.24. The quantitative estimate of drug-likeness (QED) is 0.730. The van der Waals surface area contributed by atoms with Crippen LogP contribution in [0.1, 0.15) is 65.2 Å². The fourth-order valence-electron chi connectivity index (χ4n) is 3.05. The highest BCUT2D eigenvalue weighted by molar-refractivity contribution is 4.84. The van der Waals surface area contributed by atoms with E-state index >= 15 is 0 Å². The van der Waals surface area contributed by atoms with Crippen molar-refractivity contribution in [2.45, 2.75) is 76.8 Å². The lowest BCUT2D eigenvalue weighted by molar-refractivity contribution is 0.174. The van der Waals surface area contributed by atoms with Crippen LogP contribution in [0.2, 0.25) is 0 Å². The van der Waals surface area contributed by atoms with Crippen LogP contribution in [-0.4, -0.2) is 30.1 Å². The molecule has 0 heterocycles. The molecule has 1 aliphatic carbocycles. The Bertz CT molecular complexity index is 181. The molecule has 0 aromatic heterocycles. The number of likely N-dealkylation sites (N-methyl/N-ethyl adjacent to an activating group) is 1. The summed E-state index contributed by atoms with van der Waals surface area (Å²) < 4.78 is 0. The van der Waals surface area contributed by atoms with E-state index < -0.39 is 0 Å². The van der Waals surface area contributed by atoms with Gasteiger partial charge < -0.3 is 10.6 Å². The van der Waals surface area contributed by atoms with E-state index in [0.717, 1.165) is 19.0 Å². The van der Waals surface area contributed by atoms with Crippen LogP contribution in [0.3, 0.4) is 0 Å². The van der Waals surface area contributed by atoms with Crippen molar-refractivity contribution in [2.24, 2.45) is 5.73 Å². The molecule has 96 valence electrons. The Morgan fingerprint density at radius 3 is 2.25 bits per heavy atom. The van der Waals surface area contributed by atoms with Gasteiger partial charge in [0, 0.05) is 18.1 Å². The first-order valence-corrected chi connectivity index (χ1v) is 7.04. The molecule has 1 saturated carbocycles. The standard InChI is InChI=1S/C14H30N2/c1-4-11-14(2,15)12-16(3)13-9-7-5-6-8-10-13/h13H,4-12,15H2,1-3H3. The fourth-order valence-corrected chi connectivity index (χ4v) is 3.05. The molecular weight excluding hydrogens is 196 g/mol. The van der Waals surface area contributed by atoms with Gasteiger partial charge in [-0.2, -0.15) is 0 Å². The molecule has 16 heavy (non-hydrogen) atoms. The van der Waals surface area contributed by atoms with Crippen molar-refractivity contribution in [2.75, 3.05) is 13.6 Å². The molecule has 0 saturated heterocycles. The van der Waals surface area contributed by atoms with E-state index in [4.69, 9.17) is 5.73 Å². The normalized spacial score (nSPS) is 23.1. The summed E-state index contributed by atoms with van der Waals surface area (Å²) in [5.41, 5.74) is 6.33. The van der Waals surface area contributed by atoms with E-state index in [0.29, 0.717) is 0 Å². The summed E-state index contributed by atoms with van der Waals surface area (Å²) in [6, 6.07) is 0.780. The van der Waals surface area contributed by atoms with E-state index in [1.165, 1.54) is 44.9 Å². The molecule has 1 rings (SSSR count). The number of nitrogens with two attached hydrogens (primary N) is 1. The Morgan fingerprint density at radius 1 is 1.19 bits per heavy atom. The molecule has 2 N–H and O–H groups in total. The molecule has 0 aromatic carbocycles. The second-order valence-electron chi connectivity index (χ2n) is 5.96. The molecule has 0 aromatic rings. The first-order valence-electron chi connectivity index (χ1n) is 7.04. The number of nitrogens with zero attached hydrogens (tertiary/aromatic N) is 1. The molecule has 0 aliphatic heterocycles. The summed E-state index contributed by atoms with van der Waals surface area (Å²) >= 11 is 0. The zero-order chi connectivity index (χ0) is 12.0. The van der Waals surface area contributed by atoms with Crippen molar-refractivity contribution in [1.82, 2.24) is 4.90 Å². The highest BCUT2D eigenvalue weighted by Crippen LogP contribution is 2.22. The van der Waals surface area contributed by atoms with Gasteiger partial charge in [0.15, 0.2) is 0 Å². The number of hydrogen-bond acceptors (Lipinski definition) is 2. The van der Waals surface area contributed by atoms with Gasteiger partial charge in [-0.1, -0.05) is 39.0 Å². The minimum Gasteiger partial charge on any atom is -0.324 e. The molecule has 0 radical (unpaired) electrons. The monoisotopic (exact) mass is 226 g/mol. The number of hydrogen-bond donors (Lipinski definition) is 1. The first kappa shape index (κ1) is 14.0. The van der Waals surface area contributed by atoms with Crippen LogP contribution in [0.4, 0.5) is 0 Å². The van der Waals surface area contributed by atoms with Gasteiger partial charge in [0.05, 0.1) is 0 Å². The van der Waals surface area contributed by atoms with Crippen LogP contribution in [-0.2, 0) is 0 Å². The Labute approximate surface area is 102 Å². The third kappa shape index (κ3) is 4.84. The van der Waals surface area contributed by atoms with Crippen molar-refractivity contribution in [3.05, 3.63) is 0 Å². The Kier molecular flexibility index (Phi) is 5.77. The zero-order valence-corrected chi connectivity index (χ0v) is 11.5. The van der Waals surface area contributed by atoms with E-state index in [2.05, 4.69) is 25.8 Å². The Morgan fingerprint density at radius 2 is 1.75 bits per heavy atom. The first-order chi connectivity index (χ1) is 7.55. The zero-order valence-electron chi connectivity index (χ0n) is 11.5. The Hall–Kier alpha value is -0.0800. The maximum atomic E-state index is 6.33. The topological polar surface area (TPSA) is 29.3 Å². The van der Waals surface area contributed by atoms with Gasteiger partial charge in [0.2, 0.25) is 0 Å². The maximum absolute atomic E-state index is 6.33. The summed E-state index contributed by atoms with van der Waals surface area (Å²) in [5, 5.41) is 0. The predicted molar refractivity (Wildman–Crippen MR) is 71.6 cm³/mol. The van der Waals surface area contributed by atoms with Crippen molar-refractivity contribution >= 4 is 0 Å². The van der Waals surface area contributed by atoms with Gasteiger partial charge in [0.25, 0.3) is 0 Å². The van der Waals surface area contributed by atoms with Crippen molar-refractivity contribution in [3.8, 4) is 0 Å². The molecule has 1 unspecified atom stereocenters. The van der Waals surface area contributed by atoms with E-state index in [9.17, 15) is 0 Å². The fraction of sp³-hybridized carbons (Fsp3) is 1.00. The van der Waals surface area contributed by atoms with Crippen LogP contribution < -0.4 is 5.73 Å². The molecule has 1 atom stereocenters. The largest absolute Gasteiger partial charge is 0.324 e. The van der Waals surface area contributed by atoms with Gasteiger partial charge in [0.1, 0.15) is 0 Å². The second kappa shape index (κ2) is 6.61. The van der Waals surface area contributed by atoms with E-state index in [1.54, 1.807) is 0 Å². The summed E-state index contributed by atoms with van der Waals surface area (Å²) in [6.07, 6.45) is 10.7. The molecule has 0 spiro atoms. The number of rotatable bonds is 5. The van der Waals surface area contributed by atoms with Gasteiger partial charge in [-0.05, 0) is 33.2 Å². The molecule has 0 amide bonds. The third-order valence-corrected chi connectivity index (χ3v) is 3.88. The van der Waals surface area contributed by atoms with Crippen molar-refractivity contribution in [3.63, 3.8) is 0 Å². The molecular formula is C14H30N2. The Balaban J connectivity index is 2.40. The van der Waals surface area contributed by atoms with Gasteiger partial charge in [-0.15, -0.1) is 0 Å². The average Bonchev–Trinajstić information content (AvgIpc) is 2.44. The average molecular weight is 226 g/mol. The predicted octanol–water partition coefficient (Wildman–Crippen LogP) is 3.16. The summed E-state index contributed by atoms with van der Waals surface area (Å²) in [4.78, 5) is 2.51. The smallest absolute Gasteiger partial charge is 0.0254 e. The van der Waals surface area contributed by atoms with Crippen LogP contribution >= 0.6 is 0 Å². The lowest BCUT2D eigenvalue weighted by Crippen LogP contribution is -2.49. The lowest BCUT2D eigenvalue weighted by atomic mass is 9.95. The summed E-state index contributed by atoms with van der Waals surface area (Å²) in [5.74, 6) is 0. The third-order valence-electron chi connectivity index (χ3n) is 3.88. The molecule has 1 fully saturated rings. The summed E-state index contributed by atoms with van der Waals surface area (Å²) in [7, 11) is 2.26. The van der Waals surface area contributed by atoms with Gasteiger partial charge in [-0.25, -0.2) is 0 Å². The molecule has 2 heteroatoms. The van der Waals surface area contributed by atoms with Crippen LogP contribution in [0.25, 0.3) is 0 Å². The second-order valence-corrected chi connectivity index (χ2v) is 5.96. The van der Waals surface area contributed by atoms with Crippen LogP contribution in [0.5, 0.6) is 0 Å². The van der Waals surface area contributed by atoms with Crippen molar-refractivity contribution < 1.29 is 0 Å². The van der Waals surface area contributed by atoms with Crippen LogP contribution in [0.15, 0.2) is 0 Å². The minimum atomic E-state index is -0.00416. The van der Waals surface area contributed by atoms with Gasteiger partial charge >= 0.3 is 0 Å². The molecule has 0 bridgehead atoms. The molecule has 2 nitrogen and oxygen atoms in total.